The molecule has 16 heteroatoms. The number of ether oxygens (including phenoxy) is 4. The molecule has 66 heavy (non-hydrogen) atoms. The zero-order valence-electron chi connectivity index (χ0n) is 39.6. The van der Waals surface area contributed by atoms with E-state index in [1.807, 2.05) is 48.5 Å². The molecule has 0 heterocycles. The molecule has 0 saturated heterocycles. The first-order chi connectivity index (χ1) is 31.7. The highest BCUT2D eigenvalue weighted by Gasteiger charge is 2.30. The first-order valence-corrected chi connectivity index (χ1v) is 23.3. The molecule has 4 amide bonds. The third-order valence-electron chi connectivity index (χ3n) is 11.9. The summed E-state index contributed by atoms with van der Waals surface area (Å²) in [7, 11) is 5.29. The Kier molecular flexibility index (Phi) is 24.5. The van der Waals surface area contributed by atoms with Crippen LogP contribution in [0.1, 0.15) is 140 Å². The van der Waals surface area contributed by atoms with Crippen molar-refractivity contribution in [2.24, 2.45) is 23.7 Å². The van der Waals surface area contributed by atoms with Gasteiger partial charge in [-0.1, -0.05) is 86.3 Å². The van der Waals surface area contributed by atoms with Crippen molar-refractivity contribution < 1.29 is 57.3 Å². The van der Waals surface area contributed by atoms with Crippen LogP contribution >= 0.6 is 0 Å². The van der Waals surface area contributed by atoms with Crippen LogP contribution in [0, 0.1) is 23.7 Å². The minimum Gasteiger partial charge on any atom is -0.467 e. The topological polar surface area (TPSA) is 222 Å². The summed E-state index contributed by atoms with van der Waals surface area (Å²) >= 11 is 0. The zero-order valence-corrected chi connectivity index (χ0v) is 39.6. The van der Waals surface area contributed by atoms with E-state index in [2.05, 4.69) is 30.7 Å². The Labute approximate surface area is 389 Å². The van der Waals surface area contributed by atoms with Crippen molar-refractivity contribution in [3.8, 4) is 0 Å². The van der Waals surface area contributed by atoms with Crippen LogP contribution in [-0.4, -0.2) is 88.0 Å². The third-order valence-corrected chi connectivity index (χ3v) is 11.9. The molecule has 4 fully saturated rings. The molecule has 2 aromatic rings. The number of esters is 4. The van der Waals surface area contributed by atoms with Crippen LogP contribution in [0.2, 0.25) is 0 Å². The molecule has 0 spiro atoms. The van der Waals surface area contributed by atoms with Gasteiger partial charge in [-0.25, -0.2) is 19.2 Å². The van der Waals surface area contributed by atoms with Crippen LogP contribution in [0.5, 0.6) is 0 Å². The Morgan fingerprint density at radius 1 is 0.409 bits per heavy atom. The van der Waals surface area contributed by atoms with Crippen molar-refractivity contribution >= 4 is 47.5 Å². The van der Waals surface area contributed by atoms with Crippen LogP contribution in [0.25, 0.3) is 0 Å². The summed E-state index contributed by atoms with van der Waals surface area (Å²) < 4.78 is 18.5. The zero-order chi connectivity index (χ0) is 48.4. The molecule has 4 aliphatic rings. The molecule has 364 valence electrons. The van der Waals surface area contributed by atoms with Crippen LogP contribution in [0.3, 0.4) is 0 Å². The Morgan fingerprint density at radius 3 is 0.924 bits per heavy atom. The van der Waals surface area contributed by atoms with Crippen LogP contribution in [-0.2, 0) is 57.3 Å². The second-order valence-corrected chi connectivity index (χ2v) is 17.5. The molecule has 4 aliphatic carbocycles. The lowest BCUT2D eigenvalue weighted by Crippen LogP contribution is -2.39. The smallest absolute Gasteiger partial charge is 0.333 e. The number of carbonyl (C=O) groups excluding carboxylic acids is 8. The fourth-order valence-corrected chi connectivity index (χ4v) is 7.72. The van der Waals surface area contributed by atoms with Gasteiger partial charge in [0.2, 0.25) is 23.6 Å². The molecule has 0 radical (unpaired) electrons. The van der Waals surface area contributed by atoms with Gasteiger partial charge in [0.05, 0.1) is 28.4 Å². The van der Waals surface area contributed by atoms with E-state index in [0.717, 1.165) is 62.5 Å². The lowest BCUT2D eigenvalue weighted by Gasteiger charge is -2.18. The van der Waals surface area contributed by atoms with Crippen molar-refractivity contribution in [2.45, 2.75) is 141 Å². The van der Waals surface area contributed by atoms with Gasteiger partial charge in [0.25, 0.3) is 0 Å². The summed E-state index contributed by atoms with van der Waals surface area (Å²) in [5, 5.41) is 10.8. The summed E-state index contributed by atoms with van der Waals surface area (Å²) in [4.78, 5) is 92.1. The first kappa shape index (κ1) is 54.5. The van der Waals surface area contributed by atoms with Crippen molar-refractivity contribution in [3.63, 3.8) is 0 Å². The van der Waals surface area contributed by atoms with Gasteiger partial charge in [0, 0.05) is 25.7 Å². The molecule has 2 aromatic carbocycles. The quantitative estimate of drug-likeness (QED) is 0.0981. The highest BCUT2D eigenvalue weighted by atomic mass is 16.5. The molecule has 0 bridgehead atoms. The van der Waals surface area contributed by atoms with E-state index in [4.69, 9.17) is 9.47 Å². The van der Waals surface area contributed by atoms with Gasteiger partial charge < -0.3 is 40.2 Å². The number of hydrogen-bond donors (Lipinski definition) is 4. The van der Waals surface area contributed by atoms with Crippen molar-refractivity contribution in [2.75, 3.05) is 28.4 Å². The van der Waals surface area contributed by atoms with Crippen molar-refractivity contribution in [1.82, 2.24) is 21.3 Å². The second kappa shape index (κ2) is 29.7. The fraction of sp³-hybridized carbons (Fsp3) is 0.600. The Morgan fingerprint density at radius 2 is 0.667 bits per heavy atom. The van der Waals surface area contributed by atoms with E-state index in [9.17, 15) is 38.4 Å². The summed E-state index contributed by atoms with van der Waals surface area (Å²) in [5.41, 5.74) is 1.49. The van der Waals surface area contributed by atoms with E-state index in [1.165, 1.54) is 54.1 Å². The maximum atomic E-state index is 12.1. The number of carbonyl (C=O) groups is 8. The van der Waals surface area contributed by atoms with Gasteiger partial charge in [-0.3, -0.25) is 19.2 Å². The van der Waals surface area contributed by atoms with Crippen molar-refractivity contribution in [3.05, 3.63) is 71.8 Å². The Bertz CT molecular complexity index is 1840. The fourth-order valence-electron chi connectivity index (χ4n) is 7.72. The molecular weight excluding hydrogens is 849 g/mol. The molecule has 4 saturated carbocycles. The van der Waals surface area contributed by atoms with Crippen LogP contribution < -0.4 is 21.3 Å². The highest BCUT2D eigenvalue weighted by molar-refractivity contribution is 5.87. The summed E-state index contributed by atoms with van der Waals surface area (Å²) in [6.07, 6.45) is 16.0. The van der Waals surface area contributed by atoms with Gasteiger partial charge in [0.1, 0.15) is 12.1 Å². The Hall–Kier alpha value is -5.80. The normalized spacial score (nSPS) is 17.1. The van der Waals surface area contributed by atoms with Gasteiger partial charge in [-0.05, 0) is 100 Å². The lowest BCUT2D eigenvalue weighted by atomic mass is 10.0. The molecule has 0 aliphatic heterocycles. The van der Waals surface area contributed by atoms with Crippen LogP contribution in [0.4, 0.5) is 0 Å². The number of benzene rings is 2. The van der Waals surface area contributed by atoms with E-state index >= 15 is 0 Å². The Balaban J connectivity index is 0.000000237. The van der Waals surface area contributed by atoms with Gasteiger partial charge in [-0.15, -0.1) is 0 Å². The van der Waals surface area contributed by atoms with Gasteiger partial charge in [0.15, 0.2) is 12.1 Å². The SMILES string of the molecule is COC(=O)C(NC(=O)CC1CC1)c1ccccc1.COC(=O)C(NC(=O)CC1CCCC1)c1ccccc1.COC(=O)[C@H](C)NC(=O)CC1CC1.COC(=O)[C@H](C)NC(=O)CC1CCCC1. The average molecular weight is 921 g/mol. The van der Waals surface area contributed by atoms with Gasteiger partial charge in [-0.2, -0.15) is 0 Å². The number of rotatable bonds is 18. The molecule has 4 N–H and O–H groups in total. The molecule has 6 rings (SSSR count). The largest absolute Gasteiger partial charge is 0.467 e. The standard InChI is InChI=1S/C16H21NO3.C14H17NO3.C11H19NO3.C9H15NO3/c1-20-16(19)15(13-9-3-2-4-10-13)17-14(18)11-12-7-5-6-8-12;1-18-14(17)13(11-5-3-2-4-6-11)15-12(16)9-10-7-8-10;1-8(11(14)15-2)12-10(13)7-9-5-3-4-6-9;1-6(9(12)13-2)10-8(11)5-7-3-4-7/h2-4,9-10,12,15H,5-8,11H2,1H3,(H,17,18);2-6,10,13H,7-9H2,1H3,(H,15,16);8-9H,3-7H2,1-2H3,(H,12,13);6-7H,3-5H2,1-2H3,(H,10,11)/t;;8-;6-/m..00/s1. The molecule has 0 aromatic heterocycles. The van der Waals surface area contributed by atoms with E-state index in [-0.39, 0.29) is 23.6 Å². The number of methoxy groups -OCH3 is 4. The molecule has 16 nitrogen and oxygen atoms in total. The maximum absolute atomic E-state index is 12.1. The minimum atomic E-state index is -0.713. The lowest BCUT2D eigenvalue weighted by molar-refractivity contribution is -0.145. The third kappa shape index (κ3) is 21.5. The van der Waals surface area contributed by atoms with E-state index in [0.29, 0.717) is 49.4 Å². The van der Waals surface area contributed by atoms with E-state index in [1.54, 1.807) is 26.0 Å². The van der Waals surface area contributed by atoms with Crippen LogP contribution in [0.15, 0.2) is 60.7 Å². The predicted octanol–water partition coefficient (Wildman–Crippen LogP) is 6.12. The number of nitrogens with one attached hydrogen (secondary N) is 4. The predicted molar refractivity (Wildman–Crippen MR) is 246 cm³/mol. The summed E-state index contributed by atoms with van der Waals surface area (Å²) in [6.45, 7) is 3.26. The highest BCUT2D eigenvalue weighted by Crippen LogP contribution is 2.33. The molecular formula is C50H72N4O12. The summed E-state index contributed by atoms with van der Waals surface area (Å²) in [6, 6.07) is 15.8. The maximum Gasteiger partial charge on any atom is 0.333 e. The van der Waals surface area contributed by atoms with E-state index < -0.39 is 48.0 Å². The first-order valence-electron chi connectivity index (χ1n) is 23.3. The number of amides is 4. The second-order valence-electron chi connectivity index (χ2n) is 17.5. The molecule has 2 unspecified atom stereocenters. The monoisotopic (exact) mass is 921 g/mol. The molecule has 4 atom stereocenters. The number of hydrogen-bond acceptors (Lipinski definition) is 12. The minimum absolute atomic E-state index is 0.0419. The van der Waals surface area contributed by atoms with Crippen molar-refractivity contribution in [1.29, 1.82) is 0 Å². The average Bonchev–Trinajstić information content (AvgIpc) is 4.21. The van der Waals surface area contributed by atoms with Gasteiger partial charge >= 0.3 is 23.9 Å². The summed E-state index contributed by atoms with van der Waals surface area (Å²) in [5.74, 6) is 0.0937.